The Balaban J connectivity index is 1.18. The summed E-state index contributed by atoms with van der Waals surface area (Å²) >= 11 is 0. The van der Waals surface area contributed by atoms with Gasteiger partial charge in [0.2, 0.25) is 5.91 Å². The molecule has 5 rings (SSSR count). The highest BCUT2D eigenvalue weighted by atomic mass is 16.7. The van der Waals surface area contributed by atoms with Gasteiger partial charge in [-0.05, 0) is 61.3 Å². The van der Waals surface area contributed by atoms with Crippen molar-refractivity contribution in [1.82, 2.24) is 16.0 Å². The number of benzene rings is 2. The Hall–Kier alpha value is -3.90. The van der Waals surface area contributed by atoms with Crippen molar-refractivity contribution in [2.75, 3.05) is 20.3 Å². The maximum absolute atomic E-state index is 13.1. The van der Waals surface area contributed by atoms with Crippen molar-refractivity contribution in [2.45, 2.75) is 121 Å². The predicted octanol–water partition coefficient (Wildman–Crippen LogP) is 5.64. The highest BCUT2D eigenvalue weighted by Gasteiger charge is 2.47. The number of hydrogen-bond acceptors (Lipinski definition) is 9. The molecule has 3 fully saturated rings. The minimum Gasteiger partial charge on any atom is -0.467 e. The van der Waals surface area contributed by atoms with Crippen LogP contribution in [-0.4, -0.2) is 74.5 Å². The van der Waals surface area contributed by atoms with Gasteiger partial charge in [-0.3, -0.25) is 4.79 Å². The Bertz CT molecular complexity index is 1430. The molecule has 4 unspecified atom stereocenters. The molecule has 1 saturated carbocycles. The Kier molecular flexibility index (Phi) is 13.1. The highest BCUT2D eigenvalue weighted by molar-refractivity contribution is 5.86. The molecule has 5 atom stereocenters. The molecule has 2 aromatic carbocycles. The molecule has 3 N–H and O–H groups in total. The summed E-state index contributed by atoms with van der Waals surface area (Å²) in [7, 11) is 1.27. The summed E-state index contributed by atoms with van der Waals surface area (Å²) in [5.74, 6) is -1.42. The van der Waals surface area contributed by atoms with Gasteiger partial charge in [-0.2, -0.15) is 0 Å². The fourth-order valence-electron chi connectivity index (χ4n) is 7.25. The molecule has 2 saturated heterocycles. The molecule has 1 spiro atoms. The lowest BCUT2D eigenvalue weighted by Crippen LogP contribution is -2.53. The normalized spacial score (nSPS) is 24.8. The van der Waals surface area contributed by atoms with Gasteiger partial charge >= 0.3 is 18.2 Å². The van der Waals surface area contributed by atoms with Crippen molar-refractivity contribution in [1.29, 1.82) is 0 Å². The monoisotopic (exact) mass is 681 g/mol. The number of ether oxygens (including phenoxy) is 5. The van der Waals surface area contributed by atoms with Gasteiger partial charge < -0.3 is 39.6 Å². The number of nitrogens with one attached hydrogen (secondary N) is 3. The van der Waals surface area contributed by atoms with Crippen LogP contribution in [0.3, 0.4) is 0 Å². The number of carbonyl (C=O) groups is 4. The van der Waals surface area contributed by atoms with Gasteiger partial charge in [-0.15, -0.1) is 0 Å². The van der Waals surface area contributed by atoms with E-state index in [-0.39, 0.29) is 18.9 Å². The summed E-state index contributed by atoms with van der Waals surface area (Å²) in [5, 5.41) is 10.6. The molecule has 268 valence electrons. The first-order chi connectivity index (χ1) is 23.7. The van der Waals surface area contributed by atoms with Crippen LogP contribution in [0.4, 0.5) is 9.59 Å². The second-order valence-electron chi connectivity index (χ2n) is 13.6. The van der Waals surface area contributed by atoms with E-state index in [1.807, 2.05) is 42.5 Å². The molecule has 2 aromatic rings. The molecule has 1 aliphatic carbocycles. The van der Waals surface area contributed by atoms with Crippen LogP contribution in [0.1, 0.15) is 89.5 Å². The van der Waals surface area contributed by atoms with Crippen LogP contribution >= 0.6 is 0 Å². The first-order valence-electron chi connectivity index (χ1n) is 17.8. The molecule has 3 amide bonds. The quantitative estimate of drug-likeness (QED) is 0.191. The Labute approximate surface area is 288 Å². The first-order valence-corrected chi connectivity index (χ1v) is 17.8. The van der Waals surface area contributed by atoms with Crippen molar-refractivity contribution >= 4 is 34.8 Å². The minimum atomic E-state index is -1.07. The molecule has 49 heavy (non-hydrogen) atoms. The zero-order valence-electron chi connectivity index (χ0n) is 28.7. The third-order valence-electron chi connectivity index (χ3n) is 9.77. The van der Waals surface area contributed by atoms with Gasteiger partial charge in [0.1, 0.15) is 18.8 Å². The van der Waals surface area contributed by atoms with E-state index >= 15 is 0 Å². The fourth-order valence-corrected chi connectivity index (χ4v) is 7.25. The van der Waals surface area contributed by atoms with E-state index in [0.717, 1.165) is 35.6 Å². The zero-order chi connectivity index (χ0) is 34.6. The van der Waals surface area contributed by atoms with E-state index < -0.39 is 48.3 Å². The predicted molar refractivity (Wildman–Crippen MR) is 181 cm³/mol. The van der Waals surface area contributed by atoms with Gasteiger partial charge in [-0.1, -0.05) is 61.7 Å². The third kappa shape index (κ3) is 10.8. The SMILES string of the molecule is COC(=O)[C@H](C)NC(=O)CCC1CC(OC(=O)NCc2cccc3ccccc23)CC2(CCCC(COC(=O)NCC3CCCCC3)O2)O1. The first kappa shape index (κ1) is 36.4. The molecule has 12 nitrogen and oxygen atoms in total. The van der Waals surface area contributed by atoms with Gasteiger partial charge in [0.15, 0.2) is 5.79 Å². The molecular formula is C37H51N3O9. The van der Waals surface area contributed by atoms with Crippen LogP contribution in [0, 0.1) is 5.92 Å². The summed E-state index contributed by atoms with van der Waals surface area (Å²) in [4.78, 5) is 50.0. The van der Waals surface area contributed by atoms with Gasteiger partial charge in [-0.25, -0.2) is 14.4 Å². The standard InChI is InChI=1S/C37H51N3O9/c1-25(34(42)45-2)40-33(41)18-17-29-20-31(47-36(44)39-23-28-14-8-13-27-12-6-7-16-32(27)28)21-37(48-29)19-9-15-30(49-37)24-46-35(43)38-22-26-10-4-3-5-11-26/h6-8,12-14,16,25-26,29-31H,3-5,9-11,15,17-24H2,1-2H3,(H,38,43)(H,39,44)(H,40,41)/t25-,29?,30?,31?,37?/m0/s1. The van der Waals surface area contributed by atoms with Crippen molar-refractivity contribution in [2.24, 2.45) is 5.92 Å². The average molecular weight is 682 g/mol. The molecule has 0 radical (unpaired) electrons. The van der Waals surface area contributed by atoms with Crippen LogP contribution in [-0.2, 0) is 39.8 Å². The van der Waals surface area contributed by atoms with Gasteiger partial charge in [0, 0.05) is 38.8 Å². The maximum Gasteiger partial charge on any atom is 0.407 e. The molecule has 2 heterocycles. The number of hydrogen-bond donors (Lipinski definition) is 3. The molecule has 0 bridgehead atoms. The maximum atomic E-state index is 13.1. The lowest BCUT2D eigenvalue weighted by Gasteiger charge is -2.47. The summed E-state index contributed by atoms with van der Waals surface area (Å²) < 4.78 is 29.2. The minimum absolute atomic E-state index is 0.0805. The smallest absolute Gasteiger partial charge is 0.407 e. The topological polar surface area (TPSA) is 151 Å². The van der Waals surface area contributed by atoms with E-state index in [0.29, 0.717) is 51.1 Å². The number of methoxy groups -OCH3 is 1. The zero-order valence-corrected chi connectivity index (χ0v) is 28.7. The summed E-state index contributed by atoms with van der Waals surface area (Å²) in [5.41, 5.74) is 0.977. The van der Waals surface area contributed by atoms with E-state index in [9.17, 15) is 19.2 Å². The summed E-state index contributed by atoms with van der Waals surface area (Å²) in [6.45, 7) is 2.56. The number of rotatable bonds is 12. The van der Waals surface area contributed by atoms with Crippen molar-refractivity contribution < 1.29 is 42.9 Å². The molecule has 0 aromatic heterocycles. The van der Waals surface area contributed by atoms with E-state index in [2.05, 4.69) is 16.0 Å². The average Bonchev–Trinajstić information content (AvgIpc) is 3.11. The number of esters is 1. The summed E-state index contributed by atoms with van der Waals surface area (Å²) in [6.07, 6.45) is 6.65. The van der Waals surface area contributed by atoms with Crippen LogP contribution in [0.25, 0.3) is 10.8 Å². The number of fused-ring (bicyclic) bond motifs is 1. The number of amides is 3. The lowest BCUT2D eigenvalue weighted by atomic mass is 9.89. The second-order valence-corrected chi connectivity index (χ2v) is 13.6. The van der Waals surface area contributed by atoms with Crippen LogP contribution < -0.4 is 16.0 Å². The summed E-state index contributed by atoms with van der Waals surface area (Å²) in [6, 6.07) is 13.2. The Morgan fingerprint density at radius 2 is 1.69 bits per heavy atom. The van der Waals surface area contributed by atoms with Gasteiger partial charge in [0.25, 0.3) is 0 Å². The Morgan fingerprint density at radius 1 is 0.918 bits per heavy atom. The molecular weight excluding hydrogens is 630 g/mol. The highest BCUT2D eigenvalue weighted by Crippen LogP contribution is 2.41. The number of carbonyl (C=O) groups excluding carboxylic acids is 4. The van der Waals surface area contributed by atoms with Crippen molar-refractivity contribution in [3.63, 3.8) is 0 Å². The Morgan fingerprint density at radius 3 is 2.51 bits per heavy atom. The molecule has 3 aliphatic rings. The van der Waals surface area contributed by atoms with E-state index in [1.54, 1.807) is 6.92 Å². The number of alkyl carbamates (subject to hydrolysis) is 2. The van der Waals surface area contributed by atoms with Gasteiger partial charge in [0.05, 0.1) is 19.3 Å². The van der Waals surface area contributed by atoms with Crippen LogP contribution in [0.5, 0.6) is 0 Å². The van der Waals surface area contributed by atoms with Crippen LogP contribution in [0.2, 0.25) is 0 Å². The van der Waals surface area contributed by atoms with Crippen molar-refractivity contribution in [3.05, 3.63) is 48.0 Å². The van der Waals surface area contributed by atoms with E-state index in [4.69, 9.17) is 23.7 Å². The van der Waals surface area contributed by atoms with Crippen molar-refractivity contribution in [3.8, 4) is 0 Å². The van der Waals surface area contributed by atoms with E-state index in [1.165, 1.54) is 26.4 Å². The lowest BCUT2D eigenvalue weighted by molar-refractivity contribution is -0.329. The second kappa shape index (κ2) is 17.7. The fraction of sp³-hybridized carbons (Fsp3) is 0.622. The van der Waals surface area contributed by atoms with Crippen LogP contribution in [0.15, 0.2) is 42.5 Å². The molecule has 12 heteroatoms. The largest absolute Gasteiger partial charge is 0.467 e. The molecule has 2 aliphatic heterocycles. The third-order valence-corrected chi connectivity index (χ3v) is 9.77.